The first-order valence-corrected chi connectivity index (χ1v) is 5.52. The first-order chi connectivity index (χ1) is 8.70. The van der Waals surface area contributed by atoms with Crippen molar-refractivity contribution < 1.29 is 4.52 Å². The van der Waals surface area contributed by atoms with Crippen molar-refractivity contribution in [2.24, 2.45) is 5.84 Å². The van der Waals surface area contributed by atoms with Gasteiger partial charge in [-0.3, -0.25) is 0 Å². The smallest absolute Gasteiger partial charge is 0.223 e. The van der Waals surface area contributed by atoms with E-state index in [4.69, 9.17) is 10.4 Å². The topological polar surface area (TPSA) is 115 Å². The Morgan fingerprint density at radius 1 is 1.28 bits per heavy atom. The Morgan fingerprint density at radius 3 is 2.72 bits per heavy atom. The molecule has 0 amide bonds. The summed E-state index contributed by atoms with van der Waals surface area (Å²) in [5.41, 5.74) is 3.38. The number of hydrogen-bond acceptors (Lipinski definition) is 8. The van der Waals surface area contributed by atoms with Crippen molar-refractivity contribution in [2.45, 2.75) is 20.3 Å². The van der Waals surface area contributed by atoms with E-state index in [2.05, 4.69) is 30.9 Å². The zero-order chi connectivity index (χ0) is 13.0. The molecule has 0 unspecified atom stereocenters. The van der Waals surface area contributed by atoms with Crippen LogP contribution in [0.3, 0.4) is 0 Å². The quantitative estimate of drug-likeness (QED) is 0.515. The Morgan fingerprint density at radius 2 is 2.06 bits per heavy atom. The monoisotopic (exact) mass is 249 g/mol. The van der Waals surface area contributed by atoms with Gasteiger partial charge in [0.2, 0.25) is 5.89 Å². The molecule has 0 spiro atoms. The number of hydrazine groups is 1. The van der Waals surface area contributed by atoms with Crippen molar-refractivity contribution in [1.82, 2.24) is 20.1 Å². The molecule has 0 aliphatic carbocycles. The van der Waals surface area contributed by atoms with E-state index in [1.165, 1.54) is 6.33 Å². The highest BCUT2D eigenvalue weighted by Gasteiger charge is 2.06. The van der Waals surface area contributed by atoms with Gasteiger partial charge in [-0.25, -0.2) is 15.8 Å². The highest BCUT2D eigenvalue weighted by Crippen LogP contribution is 2.16. The number of aromatic nitrogens is 4. The third-order valence-corrected chi connectivity index (χ3v) is 2.43. The molecule has 8 nitrogen and oxygen atoms in total. The fourth-order valence-corrected chi connectivity index (χ4v) is 1.51. The fourth-order valence-electron chi connectivity index (χ4n) is 1.51. The lowest BCUT2D eigenvalue weighted by atomic mass is 10.3. The predicted molar refractivity (Wildman–Crippen MR) is 65.8 cm³/mol. The van der Waals surface area contributed by atoms with Crippen molar-refractivity contribution in [3.63, 3.8) is 0 Å². The average Bonchev–Trinajstić information content (AvgIpc) is 2.77. The van der Waals surface area contributed by atoms with Crippen LogP contribution in [0, 0.1) is 13.8 Å². The van der Waals surface area contributed by atoms with E-state index in [0.717, 1.165) is 11.4 Å². The van der Waals surface area contributed by atoms with Gasteiger partial charge in [-0.15, -0.1) is 0 Å². The van der Waals surface area contributed by atoms with Gasteiger partial charge in [0.15, 0.2) is 5.82 Å². The summed E-state index contributed by atoms with van der Waals surface area (Å²) in [5.74, 6) is 7.91. The molecule has 2 aromatic rings. The van der Waals surface area contributed by atoms with E-state index < -0.39 is 0 Å². The van der Waals surface area contributed by atoms with E-state index >= 15 is 0 Å². The van der Waals surface area contributed by atoms with E-state index in [9.17, 15) is 0 Å². The van der Waals surface area contributed by atoms with Crippen molar-refractivity contribution in [2.75, 3.05) is 17.3 Å². The minimum absolute atomic E-state index is 0.567. The number of anilines is 2. The molecule has 0 aliphatic heterocycles. The Hall–Kier alpha value is -2.22. The van der Waals surface area contributed by atoms with Gasteiger partial charge in [-0.2, -0.15) is 4.98 Å². The summed E-state index contributed by atoms with van der Waals surface area (Å²) in [6.45, 7) is 4.30. The fraction of sp³-hybridized carbons (Fsp3) is 0.400. The maximum atomic E-state index is 5.34. The van der Waals surface area contributed by atoms with Crippen LogP contribution in [-0.4, -0.2) is 26.7 Å². The number of rotatable bonds is 5. The van der Waals surface area contributed by atoms with Gasteiger partial charge in [-0.05, 0) is 6.92 Å². The van der Waals surface area contributed by atoms with Gasteiger partial charge < -0.3 is 15.3 Å². The zero-order valence-corrected chi connectivity index (χ0v) is 10.3. The molecular formula is C10H15N7O. The molecular weight excluding hydrogens is 234 g/mol. The normalized spacial score (nSPS) is 10.4. The summed E-state index contributed by atoms with van der Waals surface area (Å²) in [4.78, 5) is 12.3. The van der Waals surface area contributed by atoms with Gasteiger partial charge >= 0.3 is 0 Å². The molecule has 0 radical (unpaired) electrons. The van der Waals surface area contributed by atoms with Crippen molar-refractivity contribution >= 4 is 11.6 Å². The Bertz CT molecular complexity index is 525. The Labute approximate surface area is 104 Å². The summed E-state index contributed by atoms with van der Waals surface area (Å²) < 4.78 is 4.89. The molecule has 2 heterocycles. The number of hydrogen-bond donors (Lipinski definition) is 3. The first-order valence-electron chi connectivity index (χ1n) is 5.52. The molecule has 0 bridgehead atoms. The number of aryl methyl sites for hydroxylation is 1. The van der Waals surface area contributed by atoms with Crippen LogP contribution in [0.4, 0.5) is 11.6 Å². The lowest BCUT2D eigenvalue weighted by molar-refractivity contribution is 0.387. The van der Waals surface area contributed by atoms with Gasteiger partial charge in [0, 0.05) is 25.5 Å². The summed E-state index contributed by atoms with van der Waals surface area (Å²) in [5, 5.41) is 6.99. The molecule has 0 atom stereocenters. The predicted octanol–water partition coefficient (Wildman–Crippen LogP) is 0.417. The van der Waals surface area contributed by atoms with Crippen LogP contribution in [-0.2, 0) is 6.42 Å². The summed E-state index contributed by atoms with van der Waals surface area (Å²) >= 11 is 0. The molecule has 96 valence electrons. The number of nitrogen functional groups attached to an aromatic ring is 1. The van der Waals surface area contributed by atoms with Gasteiger partial charge in [0.05, 0.1) is 0 Å². The number of nitrogens with zero attached hydrogens (tertiary/aromatic N) is 4. The zero-order valence-electron chi connectivity index (χ0n) is 10.3. The Kier molecular flexibility index (Phi) is 3.68. The van der Waals surface area contributed by atoms with Gasteiger partial charge in [0.25, 0.3) is 0 Å². The molecule has 4 N–H and O–H groups in total. The van der Waals surface area contributed by atoms with Crippen LogP contribution in [0.2, 0.25) is 0 Å². The molecule has 2 rings (SSSR count). The Balaban J connectivity index is 1.94. The minimum atomic E-state index is 0.567. The molecule has 0 saturated heterocycles. The summed E-state index contributed by atoms with van der Waals surface area (Å²) in [6, 6.07) is 0. The lowest BCUT2D eigenvalue weighted by Gasteiger charge is -2.09. The number of nitrogens with one attached hydrogen (secondary N) is 2. The van der Waals surface area contributed by atoms with Crippen molar-refractivity contribution in [3.8, 4) is 0 Å². The second-order valence-electron chi connectivity index (χ2n) is 3.75. The molecule has 0 saturated carbocycles. The van der Waals surface area contributed by atoms with Crippen LogP contribution < -0.4 is 16.6 Å². The maximum absolute atomic E-state index is 5.34. The van der Waals surface area contributed by atoms with E-state index in [1.54, 1.807) is 6.92 Å². The van der Waals surface area contributed by atoms with Crippen LogP contribution >= 0.6 is 0 Å². The summed E-state index contributed by atoms with van der Waals surface area (Å²) in [7, 11) is 0. The van der Waals surface area contributed by atoms with Crippen LogP contribution in [0.1, 0.15) is 17.3 Å². The van der Waals surface area contributed by atoms with Crippen molar-refractivity contribution in [3.05, 3.63) is 23.6 Å². The highest BCUT2D eigenvalue weighted by molar-refractivity contribution is 5.55. The third-order valence-electron chi connectivity index (χ3n) is 2.43. The average molecular weight is 249 g/mol. The van der Waals surface area contributed by atoms with E-state index in [0.29, 0.717) is 30.5 Å². The van der Waals surface area contributed by atoms with Crippen LogP contribution in [0.25, 0.3) is 0 Å². The van der Waals surface area contributed by atoms with Gasteiger partial charge in [-0.1, -0.05) is 5.16 Å². The number of nitrogens with two attached hydrogens (primary N) is 1. The maximum Gasteiger partial charge on any atom is 0.223 e. The first kappa shape index (κ1) is 12.2. The molecule has 18 heavy (non-hydrogen) atoms. The van der Waals surface area contributed by atoms with Crippen LogP contribution in [0.15, 0.2) is 10.9 Å². The standard InChI is InChI=1S/C10H15N7O/c1-6-9(13-5-14-10(6)16-11)12-4-3-8-15-7(2)18-17-8/h5H,3-4,11H2,1-2H3,(H2,12,13,14,16). The van der Waals surface area contributed by atoms with Crippen LogP contribution in [0.5, 0.6) is 0 Å². The summed E-state index contributed by atoms with van der Waals surface area (Å²) in [6.07, 6.45) is 2.11. The molecule has 0 aliphatic rings. The second-order valence-corrected chi connectivity index (χ2v) is 3.75. The minimum Gasteiger partial charge on any atom is -0.369 e. The van der Waals surface area contributed by atoms with Gasteiger partial charge in [0.1, 0.15) is 18.0 Å². The molecule has 2 aromatic heterocycles. The second kappa shape index (κ2) is 5.41. The molecule has 0 aromatic carbocycles. The third kappa shape index (κ3) is 2.72. The van der Waals surface area contributed by atoms with Crippen molar-refractivity contribution in [1.29, 1.82) is 0 Å². The SMILES string of the molecule is Cc1nc(CCNc2ncnc(NN)c2C)no1. The largest absolute Gasteiger partial charge is 0.369 e. The van der Waals surface area contributed by atoms with E-state index in [1.807, 2.05) is 6.92 Å². The molecule has 0 fully saturated rings. The van der Waals surface area contributed by atoms with E-state index in [-0.39, 0.29) is 0 Å². The molecule has 8 heteroatoms. The lowest BCUT2D eigenvalue weighted by Crippen LogP contribution is -2.14. The highest BCUT2D eigenvalue weighted by atomic mass is 16.5.